The highest BCUT2D eigenvalue weighted by Gasteiger charge is 2.30. The molecule has 0 spiro atoms. The Kier molecular flexibility index (Phi) is 7.00. The Morgan fingerprint density at radius 1 is 1.25 bits per heavy atom. The molecular formula is C21H16Cl2F3N5O. The van der Waals surface area contributed by atoms with Crippen LogP contribution in [0.3, 0.4) is 0 Å². The second kappa shape index (κ2) is 9.54. The summed E-state index contributed by atoms with van der Waals surface area (Å²) in [4.78, 5) is 21.1. The van der Waals surface area contributed by atoms with E-state index in [0.29, 0.717) is 11.7 Å². The van der Waals surface area contributed by atoms with Gasteiger partial charge in [-0.15, -0.1) is 0 Å². The third-order valence-corrected chi connectivity index (χ3v) is 4.97. The number of alkyl halides is 3. The summed E-state index contributed by atoms with van der Waals surface area (Å²) in [5.74, 6) is -0.660. The number of fused-ring (bicyclic) bond motifs is 1. The maximum Gasteiger partial charge on any atom is 0.416 e. The van der Waals surface area contributed by atoms with Crippen molar-refractivity contribution in [3.8, 4) is 0 Å². The van der Waals surface area contributed by atoms with Gasteiger partial charge in [0, 0.05) is 18.1 Å². The third-order valence-electron chi connectivity index (χ3n) is 4.31. The molecule has 0 aliphatic rings. The van der Waals surface area contributed by atoms with Crippen LogP contribution in [0.4, 0.5) is 13.2 Å². The van der Waals surface area contributed by atoms with E-state index in [-0.39, 0.29) is 33.4 Å². The van der Waals surface area contributed by atoms with Crippen LogP contribution in [0.5, 0.6) is 0 Å². The summed E-state index contributed by atoms with van der Waals surface area (Å²) < 4.78 is 39.8. The number of carbonyl (C=O) groups excluding carboxylic acids is 1. The van der Waals surface area contributed by atoms with Gasteiger partial charge in [0.15, 0.2) is 10.8 Å². The molecule has 0 fully saturated rings. The van der Waals surface area contributed by atoms with Crippen LogP contribution < -0.4 is 5.32 Å². The topological polar surface area (TPSA) is 72.7 Å². The van der Waals surface area contributed by atoms with Crippen molar-refractivity contribution < 1.29 is 18.0 Å². The molecule has 166 valence electrons. The molecule has 3 aromatic heterocycles. The van der Waals surface area contributed by atoms with E-state index < -0.39 is 17.7 Å². The Hall–Kier alpha value is -3.17. The van der Waals surface area contributed by atoms with Crippen LogP contribution >= 0.6 is 23.2 Å². The maximum absolute atomic E-state index is 12.8. The minimum absolute atomic E-state index is 0.00468. The summed E-state index contributed by atoms with van der Waals surface area (Å²) in [6, 6.07) is 5.42. The van der Waals surface area contributed by atoms with Crippen molar-refractivity contribution in [2.24, 2.45) is 0 Å². The number of carbonyl (C=O) groups is 1. The molecule has 0 saturated carbocycles. The quantitative estimate of drug-likeness (QED) is 0.472. The fourth-order valence-electron chi connectivity index (χ4n) is 2.76. The predicted molar refractivity (Wildman–Crippen MR) is 116 cm³/mol. The number of halogens is 5. The molecule has 0 aromatic carbocycles. The van der Waals surface area contributed by atoms with Crippen LogP contribution in [0.2, 0.25) is 10.2 Å². The van der Waals surface area contributed by atoms with Crippen molar-refractivity contribution in [1.82, 2.24) is 25.1 Å². The molecule has 1 N–H and O–H groups in total. The summed E-state index contributed by atoms with van der Waals surface area (Å²) in [5, 5.41) is 7.05. The molecule has 3 heterocycles. The second-order valence-electron chi connectivity index (χ2n) is 6.58. The van der Waals surface area contributed by atoms with E-state index in [1.54, 1.807) is 12.3 Å². The monoisotopic (exact) mass is 481 g/mol. The molecule has 32 heavy (non-hydrogen) atoms. The van der Waals surface area contributed by atoms with Crippen LogP contribution in [-0.4, -0.2) is 31.8 Å². The number of rotatable bonds is 6. The lowest BCUT2D eigenvalue weighted by Crippen LogP contribution is -2.22. The predicted octanol–water partition coefficient (Wildman–Crippen LogP) is 5.49. The summed E-state index contributed by atoms with van der Waals surface area (Å²) in [6.45, 7) is 4.86. The first-order chi connectivity index (χ1) is 15.1. The Bertz CT molecular complexity index is 1230. The zero-order chi connectivity index (χ0) is 23.5. The maximum atomic E-state index is 12.8. The van der Waals surface area contributed by atoms with E-state index in [1.807, 2.05) is 12.1 Å². The molecule has 6 nitrogen and oxygen atoms in total. The van der Waals surface area contributed by atoms with Gasteiger partial charge in [0.2, 0.25) is 0 Å². The van der Waals surface area contributed by atoms with Crippen molar-refractivity contribution in [3.05, 3.63) is 88.1 Å². The first-order valence-corrected chi connectivity index (χ1v) is 9.87. The second-order valence-corrected chi connectivity index (χ2v) is 7.32. The molecule has 0 unspecified atom stereocenters. The molecule has 11 heteroatoms. The van der Waals surface area contributed by atoms with Gasteiger partial charge in [-0.25, -0.2) is 9.67 Å². The largest absolute Gasteiger partial charge is 0.416 e. The molecule has 0 atom stereocenters. The van der Waals surface area contributed by atoms with E-state index in [9.17, 15) is 18.0 Å². The molecule has 3 aromatic rings. The zero-order valence-corrected chi connectivity index (χ0v) is 18.1. The number of amides is 1. The van der Waals surface area contributed by atoms with E-state index in [2.05, 4.69) is 27.0 Å². The number of pyridine rings is 2. The van der Waals surface area contributed by atoms with Crippen LogP contribution in [0, 0.1) is 0 Å². The number of aromatic nitrogens is 4. The smallest absolute Gasteiger partial charge is 0.326 e. The average Bonchev–Trinajstić information content (AvgIpc) is 3.04. The molecule has 0 bridgehead atoms. The lowest BCUT2D eigenvalue weighted by molar-refractivity contribution is -0.0881. The standard InChI is InChI=1S/C21H16Cl2F3N5O/c1-3-13(21(24,25)26)8-7-12(2)29-20(32)15-10-28-19-16(17(15)22)18(23)30-31(19)11-14-6-4-5-9-27-14/h3-10H,1,11H2,2H3,(H,29,32)/b12-7+,13-8+. The lowest BCUT2D eigenvalue weighted by Gasteiger charge is -2.09. The highest BCUT2D eigenvalue weighted by molar-refractivity contribution is 6.43. The zero-order valence-electron chi connectivity index (χ0n) is 16.6. The summed E-state index contributed by atoms with van der Waals surface area (Å²) >= 11 is 12.6. The molecule has 1 amide bonds. The first kappa shape index (κ1) is 23.5. The highest BCUT2D eigenvalue weighted by Crippen LogP contribution is 2.32. The fourth-order valence-corrected chi connectivity index (χ4v) is 3.38. The molecule has 3 rings (SSSR count). The minimum Gasteiger partial charge on any atom is -0.326 e. The molecule has 0 aliphatic carbocycles. The van der Waals surface area contributed by atoms with Crippen molar-refractivity contribution in [3.63, 3.8) is 0 Å². The van der Waals surface area contributed by atoms with E-state index in [4.69, 9.17) is 23.2 Å². The molecular weight excluding hydrogens is 466 g/mol. The lowest BCUT2D eigenvalue weighted by atomic mass is 10.2. The molecule has 0 saturated heterocycles. The average molecular weight is 482 g/mol. The van der Waals surface area contributed by atoms with Crippen LogP contribution in [0.15, 0.2) is 66.7 Å². The third kappa shape index (κ3) is 5.17. The number of nitrogens with zero attached hydrogens (tertiary/aromatic N) is 4. The van der Waals surface area contributed by atoms with Gasteiger partial charge in [-0.2, -0.15) is 18.3 Å². The van der Waals surface area contributed by atoms with E-state index in [0.717, 1.165) is 17.8 Å². The Balaban J connectivity index is 1.88. The summed E-state index contributed by atoms with van der Waals surface area (Å²) in [6.07, 6.45) is 0.951. The van der Waals surface area contributed by atoms with Gasteiger partial charge in [-0.1, -0.05) is 41.9 Å². The van der Waals surface area contributed by atoms with Gasteiger partial charge in [-0.3, -0.25) is 9.78 Å². The Morgan fingerprint density at radius 3 is 2.62 bits per heavy atom. The van der Waals surface area contributed by atoms with Crippen LogP contribution in [0.25, 0.3) is 11.0 Å². The van der Waals surface area contributed by atoms with Gasteiger partial charge < -0.3 is 5.32 Å². The first-order valence-electron chi connectivity index (χ1n) is 9.11. The number of nitrogens with one attached hydrogen (secondary N) is 1. The summed E-state index contributed by atoms with van der Waals surface area (Å²) in [5.41, 5.74) is 0.291. The van der Waals surface area contributed by atoms with Gasteiger partial charge in [0.25, 0.3) is 5.91 Å². The number of hydrogen-bond donors (Lipinski definition) is 1. The molecule has 0 aliphatic heterocycles. The van der Waals surface area contributed by atoms with Gasteiger partial charge in [0.1, 0.15) is 0 Å². The van der Waals surface area contributed by atoms with Crippen molar-refractivity contribution >= 4 is 40.1 Å². The van der Waals surface area contributed by atoms with Gasteiger partial charge in [-0.05, 0) is 31.2 Å². The number of allylic oxidation sites excluding steroid dienone is 5. The Morgan fingerprint density at radius 2 is 2.00 bits per heavy atom. The number of hydrogen-bond acceptors (Lipinski definition) is 4. The minimum atomic E-state index is -4.55. The van der Waals surface area contributed by atoms with Crippen molar-refractivity contribution in [1.29, 1.82) is 0 Å². The van der Waals surface area contributed by atoms with Crippen LogP contribution in [-0.2, 0) is 6.54 Å². The van der Waals surface area contributed by atoms with Gasteiger partial charge >= 0.3 is 6.18 Å². The summed E-state index contributed by atoms with van der Waals surface area (Å²) in [7, 11) is 0. The van der Waals surface area contributed by atoms with Gasteiger partial charge in [0.05, 0.1) is 33.8 Å². The molecule has 0 radical (unpaired) electrons. The highest BCUT2D eigenvalue weighted by atomic mass is 35.5. The van der Waals surface area contributed by atoms with Crippen LogP contribution in [0.1, 0.15) is 23.0 Å². The van der Waals surface area contributed by atoms with Crippen molar-refractivity contribution in [2.75, 3.05) is 0 Å². The van der Waals surface area contributed by atoms with E-state index in [1.165, 1.54) is 17.8 Å². The van der Waals surface area contributed by atoms with Crippen molar-refractivity contribution in [2.45, 2.75) is 19.6 Å². The van der Waals surface area contributed by atoms with E-state index >= 15 is 0 Å². The normalized spacial score (nSPS) is 12.8. The SMILES string of the molecule is C=C/C(=C\C=C(/C)NC(=O)c1cnc2c(c(Cl)nn2Cc2ccccn2)c1Cl)C(F)(F)F. The fraction of sp³-hybridized carbons (Fsp3) is 0.143. The Labute approximate surface area is 191 Å².